The summed E-state index contributed by atoms with van der Waals surface area (Å²) in [6.07, 6.45) is 0. The van der Waals surface area contributed by atoms with Crippen LogP contribution in [0.1, 0.15) is 24.3 Å². The van der Waals surface area contributed by atoms with E-state index < -0.39 is 5.82 Å². The van der Waals surface area contributed by atoms with Crippen LogP contribution in [0.25, 0.3) is 11.3 Å². The van der Waals surface area contributed by atoms with E-state index in [0.29, 0.717) is 12.3 Å². The fraction of sp³-hybridized carbons (Fsp3) is 0.158. The maximum Gasteiger partial charge on any atom is 0.141 e. The Hall–Kier alpha value is -2.10. The fourth-order valence-electron chi connectivity index (χ4n) is 2.39. The molecule has 0 fully saturated rings. The van der Waals surface area contributed by atoms with Crippen molar-refractivity contribution < 1.29 is 8.81 Å². The molecule has 23 heavy (non-hydrogen) atoms. The highest BCUT2D eigenvalue weighted by Gasteiger charge is 2.09. The van der Waals surface area contributed by atoms with Crippen molar-refractivity contribution >= 4 is 11.6 Å². The minimum Gasteiger partial charge on any atom is -0.460 e. The Morgan fingerprint density at radius 1 is 1.09 bits per heavy atom. The van der Waals surface area contributed by atoms with Crippen LogP contribution >= 0.6 is 11.6 Å². The first kappa shape index (κ1) is 15.8. The van der Waals surface area contributed by atoms with E-state index in [1.54, 1.807) is 12.1 Å². The molecule has 1 aromatic heterocycles. The van der Waals surface area contributed by atoms with Gasteiger partial charge in [-0.15, -0.1) is 0 Å². The lowest BCUT2D eigenvalue weighted by Gasteiger charge is -2.12. The van der Waals surface area contributed by atoms with Gasteiger partial charge in [0, 0.05) is 11.6 Å². The zero-order valence-electron chi connectivity index (χ0n) is 12.7. The normalized spacial score (nSPS) is 12.3. The first-order valence-electron chi connectivity index (χ1n) is 7.46. The third-order valence-electron chi connectivity index (χ3n) is 3.75. The molecule has 0 bridgehead atoms. The van der Waals surface area contributed by atoms with Crippen molar-refractivity contribution in [2.24, 2.45) is 0 Å². The molecule has 0 aliphatic heterocycles. The number of hydrogen-bond donors (Lipinski definition) is 1. The number of halogens is 2. The summed E-state index contributed by atoms with van der Waals surface area (Å²) >= 11 is 5.81. The summed E-state index contributed by atoms with van der Waals surface area (Å²) in [5.74, 6) is 1.07. The maximum atomic E-state index is 13.2. The Morgan fingerprint density at radius 2 is 1.87 bits per heavy atom. The van der Waals surface area contributed by atoms with Crippen LogP contribution in [0.3, 0.4) is 0 Å². The van der Waals surface area contributed by atoms with Crippen LogP contribution in [0.15, 0.2) is 65.1 Å². The molecule has 2 aromatic carbocycles. The molecule has 4 heteroatoms. The third-order valence-corrected chi connectivity index (χ3v) is 4.04. The molecule has 1 N–H and O–H groups in total. The van der Waals surface area contributed by atoms with Gasteiger partial charge in [-0.3, -0.25) is 0 Å². The van der Waals surface area contributed by atoms with E-state index in [9.17, 15) is 4.39 Å². The van der Waals surface area contributed by atoms with E-state index in [4.69, 9.17) is 16.0 Å². The number of benzene rings is 2. The Morgan fingerprint density at radius 3 is 2.61 bits per heavy atom. The summed E-state index contributed by atoms with van der Waals surface area (Å²) in [4.78, 5) is 0. The quantitative estimate of drug-likeness (QED) is 0.660. The van der Waals surface area contributed by atoms with Gasteiger partial charge in [-0.25, -0.2) is 4.39 Å². The molecule has 0 saturated carbocycles. The monoisotopic (exact) mass is 329 g/mol. The summed E-state index contributed by atoms with van der Waals surface area (Å²) in [6, 6.07) is 18.8. The minimum absolute atomic E-state index is 0.0938. The number of nitrogens with one attached hydrogen (secondary N) is 1. The molecule has 1 heterocycles. The third kappa shape index (κ3) is 3.81. The fourth-order valence-corrected chi connectivity index (χ4v) is 2.57. The number of furan rings is 1. The molecular formula is C19H17ClFNO. The molecule has 3 aromatic rings. The lowest BCUT2D eigenvalue weighted by atomic mass is 10.1. The summed E-state index contributed by atoms with van der Waals surface area (Å²) in [7, 11) is 0. The number of hydrogen-bond acceptors (Lipinski definition) is 2. The van der Waals surface area contributed by atoms with Crippen molar-refractivity contribution in [3.63, 3.8) is 0 Å². The van der Waals surface area contributed by atoms with Crippen LogP contribution in [-0.2, 0) is 6.54 Å². The van der Waals surface area contributed by atoms with Gasteiger partial charge in [0.15, 0.2) is 0 Å². The van der Waals surface area contributed by atoms with E-state index in [1.807, 2.05) is 30.3 Å². The van der Waals surface area contributed by atoms with Crippen LogP contribution in [0.5, 0.6) is 0 Å². The molecule has 0 saturated heterocycles. The second-order valence-electron chi connectivity index (χ2n) is 5.41. The average molecular weight is 330 g/mol. The van der Waals surface area contributed by atoms with E-state index >= 15 is 0 Å². The summed E-state index contributed by atoms with van der Waals surface area (Å²) in [5.41, 5.74) is 1.99. The molecule has 118 valence electrons. The molecular weight excluding hydrogens is 313 g/mol. The van der Waals surface area contributed by atoms with Gasteiger partial charge in [0.25, 0.3) is 0 Å². The largest absolute Gasteiger partial charge is 0.460 e. The van der Waals surface area contributed by atoms with Crippen molar-refractivity contribution in [3.8, 4) is 11.3 Å². The van der Waals surface area contributed by atoms with Crippen LogP contribution in [0, 0.1) is 5.82 Å². The van der Waals surface area contributed by atoms with Crippen molar-refractivity contribution in [1.29, 1.82) is 0 Å². The van der Waals surface area contributed by atoms with Gasteiger partial charge in [-0.1, -0.05) is 41.9 Å². The predicted octanol–water partition coefficient (Wildman–Crippen LogP) is 5.59. The van der Waals surface area contributed by atoms with Crippen LogP contribution < -0.4 is 5.32 Å². The van der Waals surface area contributed by atoms with Crippen LogP contribution in [-0.4, -0.2) is 0 Å². The lowest BCUT2D eigenvalue weighted by Crippen LogP contribution is -2.17. The summed E-state index contributed by atoms with van der Waals surface area (Å²) in [6.45, 7) is 2.73. The van der Waals surface area contributed by atoms with Crippen LogP contribution in [0.4, 0.5) is 4.39 Å². The first-order valence-corrected chi connectivity index (χ1v) is 7.84. The lowest BCUT2D eigenvalue weighted by molar-refractivity contribution is 0.468. The van der Waals surface area contributed by atoms with Gasteiger partial charge in [0.1, 0.15) is 17.3 Å². The van der Waals surface area contributed by atoms with Gasteiger partial charge < -0.3 is 9.73 Å². The standard InChI is InChI=1S/C19H17ClFNO/c1-13(14-5-3-2-4-6-14)22-12-16-8-10-19(23-16)15-7-9-18(21)17(20)11-15/h2-11,13,22H,12H2,1H3/t13-/m0/s1. The van der Waals surface area contributed by atoms with Gasteiger partial charge >= 0.3 is 0 Å². The van der Waals surface area contributed by atoms with Gasteiger partial charge in [-0.2, -0.15) is 0 Å². The highest BCUT2D eigenvalue weighted by molar-refractivity contribution is 6.31. The zero-order valence-corrected chi connectivity index (χ0v) is 13.5. The van der Waals surface area contributed by atoms with Gasteiger partial charge in [0.05, 0.1) is 11.6 Å². The Balaban J connectivity index is 1.66. The molecule has 2 nitrogen and oxygen atoms in total. The van der Waals surface area contributed by atoms with E-state index in [0.717, 1.165) is 11.3 Å². The Bertz CT molecular complexity index is 785. The predicted molar refractivity (Wildman–Crippen MR) is 90.8 cm³/mol. The van der Waals surface area contributed by atoms with E-state index in [1.165, 1.54) is 11.6 Å². The SMILES string of the molecule is C[C@H](NCc1ccc(-c2ccc(F)c(Cl)c2)o1)c1ccccc1. The van der Waals surface area contributed by atoms with E-state index in [-0.39, 0.29) is 11.1 Å². The number of rotatable bonds is 5. The van der Waals surface area contributed by atoms with Crippen molar-refractivity contribution in [2.75, 3.05) is 0 Å². The maximum absolute atomic E-state index is 13.2. The Labute approximate surface area is 139 Å². The molecule has 0 aliphatic carbocycles. The smallest absolute Gasteiger partial charge is 0.141 e. The molecule has 0 spiro atoms. The van der Waals surface area contributed by atoms with Crippen molar-refractivity contribution in [1.82, 2.24) is 5.32 Å². The summed E-state index contributed by atoms with van der Waals surface area (Å²) < 4.78 is 19.0. The molecule has 0 radical (unpaired) electrons. The molecule has 0 aliphatic rings. The second kappa shape index (κ2) is 6.99. The highest BCUT2D eigenvalue weighted by atomic mass is 35.5. The molecule has 1 atom stereocenters. The molecule has 0 unspecified atom stereocenters. The first-order chi connectivity index (χ1) is 11.1. The van der Waals surface area contributed by atoms with Gasteiger partial charge in [0.2, 0.25) is 0 Å². The zero-order chi connectivity index (χ0) is 16.2. The Kier molecular flexibility index (Phi) is 4.79. The van der Waals surface area contributed by atoms with Crippen molar-refractivity contribution in [3.05, 3.63) is 82.8 Å². The molecule has 0 amide bonds. The molecule has 3 rings (SSSR count). The van der Waals surface area contributed by atoms with Crippen molar-refractivity contribution in [2.45, 2.75) is 19.5 Å². The summed E-state index contributed by atoms with van der Waals surface area (Å²) in [5, 5.41) is 3.51. The topological polar surface area (TPSA) is 25.2 Å². The van der Waals surface area contributed by atoms with E-state index in [2.05, 4.69) is 24.4 Å². The average Bonchev–Trinajstić information content (AvgIpc) is 3.05. The second-order valence-corrected chi connectivity index (χ2v) is 5.82. The van der Waals surface area contributed by atoms with Gasteiger partial charge in [-0.05, 0) is 42.8 Å². The van der Waals surface area contributed by atoms with Crippen LogP contribution in [0.2, 0.25) is 5.02 Å². The highest BCUT2D eigenvalue weighted by Crippen LogP contribution is 2.26. The minimum atomic E-state index is -0.430.